The second kappa shape index (κ2) is 6.80. The summed E-state index contributed by atoms with van der Waals surface area (Å²) in [5.41, 5.74) is 8.77. The molecule has 0 saturated carbocycles. The van der Waals surface area contributed by atoms with Crippen LogP contribution in [0.5, 0.6) is 0 Å². The molecule has 0 aromatic heterocycles. The first kappa shape index (κ1) is 14.9. The number of hydrogen-bond donors (Lipinski definition) is 1. The Labute approximate surface area is 129 Å². The molecule has 0 unspecified atom stereocenters. The number of nitrogens with two attached hydrogens (primary N) is 1. The lowest BCUT2D eigenvalue weighted by Crippen LogP contribution is -2.38. The highest BCUT2D eigenvalue weighted by atomic mass is 15.2. The maximum absolute atomic E-state index is 6.12. The molecular weight excluding hydrogens is 258 g/mol. The van der Waals surface area contributed by atoms with Crippen molar-refractivity contribution in [2.45, 2.75) is 38.6 Å². The summed E-state index contributed by atoms with van der Waals surface area (Å²) in [4.78, 5) is 5.20. The van der Waals surface area contributed by atoms with E-state index in [1.807, 2.05) is 0 Å². The van der Waals surface area contributed by atoms with E-state index < -0.39 is 0 Å². The number of anilines is 1. The smallest absolute Gasteiger partial charge is 0.0414 e. The molecule has 116 valence electrons. The second-order valence-corrected chi connectivity index (χ2v) is 6.79. The number of piperidine rings is 1. The van der Waals surface area contributed by atoms with Gasteiger partial charge in [0, 0.05) is 31.4 Å². The van der Waals surface area contributed by atoms with Gasteiger partial charge in [0.25, 0.3) is 0 Å². The summed E-state index contributed by atoms with van der Waals surface area (Å²) < 4.78 is 0. The lowest BCUT2D eigenvalue weighted by molar-refractivity contribution is 0.249. The molecule has 2 fully saturated rings. The van der Waals surface area contributed by atoms with Gasteiger partial charge >= 0.3 is 0 Å². The molecule has 2 aliphatic heterocycles. The highest BCUT2D eigenvalue weighted by molar-refractivity contribution is 5.55. The number of hydrogen-bond acceptors (Lipinski definition) is 3. The largest absolute Gasteiger partial charge is 0.371 e. The van der Waals surface area contributed by atoms with Crippen molar-refractivity contribution >= 4 is 5.69 Å². The van der Waals surface area contributed by atoms with Gasteiger partial charge < -0.3 is 15.5 Å². The van der Waals surface area contributed by atoms with E-state index in [-0.39, 0.29) is 6.04 Å². The summed E-state index contributed by atoms with van der Waals surface area (Å²) in [5.74, 6) is 0.891. The Morgan fingerprint density at radius 1 is 1.10 bits per heavy atom. The van der Waals surface area contributed by atoms with Gasteiger partial charge in [-0.1, -0.05) is 18.2 Å². The fraction of sp³-hybridized carbons (Fsp3) is 0.667. The molecule has 1 aromatic carbocycles. The lowest BCUT2D eigenvalue weighted by atomic mass is 9.94. The molecule has 1 atom stereocenters. The van der Waals surface area contributed by atoms with Gasteiger partial charge in [0.05, 0.1) is 0 Å². The number of rotatable bonds is 4. The summed E-state index contributed by atoms with van der Waals surface area (Å²) in [6.07, 6.45) is 5.45. The minimum absolute atomic E-state index is 0.114. The first-order valence-corrected chi connectivity index (χ1v) is 8.56. The zero-order chi connectivity index (χ0) is 14.7. The maximum atomic E-state index is 6.12. The fourth-order valence-electron chi connectivity index (χ4n) is 3.85. The van der Waals surface area contributed by atoms with Crippen LogP contribution in [0.1, 0.15) is 44.2 Å². The Hall–Kier alpha value is -1.06. The van der Waals surface area contributed by atoms with Gasteiger partial charge in [-0.25, -0.2) is 0 Å². The van der Waals surface area contributed by atoms with E-state index in [4.69, 9.17) is 5.73 Å². The molecule has 0 amide bonds. The molecule has 3 rings (SSSR count). The van der Waals surface area contributed by atoms with Crippen LogP contribution < -0.4 is 10.6 Å². The first-order valence-electron chi connectivity index (χ1n) is 8.56. The van der Waals surface area contributed by atoms with Crippen LogP contribution in [0.4, 0.5) is 5.69 Å². The van der Waals surface area contributed by atoms with E-state index in [9.17, 15) is 0 Å². The predicted octanol–water partition coefficient (Wildman–Crippen LogP) is 3.02. The van der Waals surface area contributed by atoms with Crippen LogP contribution in [-0.2, 0) is 0 Å². The summed E-state index contributed by atoms with van der Waals surface area (Å²) >= 11 is 0. The SMILES string of the molecule is C[C@@H](N)c1ccccc1N1CCC(CN2CCCC2)CC1. The third kappa shape index (κ3) is 3.58. The highest BCUT2D eigenvalue weighted by Gasteiger charge is 2.24. The second-order valence-electron chi connectivity index (χ2n) is 6.79. The third-order valence-electron chi connectivity index (χ3n) is 5.10. The van der Waals surface area contributed by atoms with Gasteiger partial charge in [-0.2, -0.15) is 0 Å². The van der Waals surface area contributed by atoms with Gasteiger partial charge in [-0.05, 0) is 63.2 Å². The highest BCUT2D eigenvalue weighted by Crippen LogP contribution is 2.29. The van der Waals surface area contributed by atoms with E-state index in [1.54, 1.807) is 0 Å². The van der Waals surface area contributed by atoms with Crippen LogP contribution in [0, 0.1) is 5.92 Å². The van der Waals surface area contributed by atoms with Crippen molar-refractivity contribution in [3.05, 3.63) is 29.8 Å². The van der Waals surface area contributed by atoms with E-state index in [0.29, 0.717) is 0 Å². The number of likely N-dealkylation sites (tertiary alicyclic amines) is 1. The fourth-order valence-corrected chi connectivity index (χ4v) is 3.85. The van der Waals surface area contributed by atoms with Crippen LogP contribution in [0.25, 0.3) is 0 Å². The van der Waals surface area contributed by atoms with Gasteiger partial charge in [0.2, 0.25) is 0 Å². The molecular formula is C18H29N3. The lowest BCUT2D eigenvalue weighted by Gasteiger charge is -2.36. The van der Waals surface area contributed by atoms with E-state index >= 15 is 0 Å². The number of benzene rings is 1. The molecule has 1 aromatic rings. The number of para-hydroxylation sites is 1. The molecule has 21 heavy (non-hydrogen) atoms. The molecule has 2 N–H and O–H groups in total. The van der Waals surface area contributed by atoms with Crippen molar-refractivity contribution in [1.82, 2.24) is 4.90 Å². The summed E-state index contributed by atoms with van der Waals surface area (Å²) in [7, 11) is 0. The molecule has 0 aliphatic carbocycles. The minimum Gasteiger partial charge on any atom is -0.371 e. The predicted molar refractivity (Wildman–Crippen MR) is 89.7 cm³/mol. The van der Waals surface area contributed by atoms with E-state index in [1.165, 1.54) is 69.7 Å². The van der Waals surface area contributed by atoms with E-state index in [0.717, 1.165) is 5.92 Å². The third-order valence-corrected chi connectivity index (χ3v) is 5.10. The van der Waals surface area contributed by atoms with Gasteiger partial charge in [0.15, 0.2) is 0 Å². The normalized spacial score (nSPS) is 22.7. The first-order chi connectivity index (χ1) is 10.2. The van der Waals surface area contributed by atoms with Gasteiger partial charge in [0.1, 0.15) is 0 Å². The van der Waals surface area contributed by atoms with Gasteiger partial charge in [-0.15, -0.1) is 0 Å². The van der Waals surface area contributed by atoms with Crippen LogP contribution in [-0.4, -0.2) is 37.6 Å². The van der Waals surface area contributed by atoms with Crippen molar-refractivity contribution in [2.24, 2.45) is 11.7 Å². The van der Waals surface area contributed by atoms with Crippen molar-refractivity contribution in [1.29, 1.82) is 0 Å². The molecule has 0 spiro atoms. The minimum atomic E-state index is 0.114. The Morgan fingerprint density at radius 2 is 1.76 bits per heavy atom. The summed E-state index contributed by atoms with van der Waals surface area (Å²) in [5, 5.41) is 0. The standard InChI is InChI=1S/C18H29N3/c1-15(19)17-6-2-3-7-18(17)21-12-8-16(9-13-21)14-20-10-4-5-11-20/h2-3,6-7,15-16H,4-5,8-14,19H2,1H3/t15-/m1/s1. The Balaban J connectivity index is 1.58. The van der Waals surface area contributed by atoms with Gasteiger partial charge in [-0.3, -0.25) is 0 Å². The monoisotopic (exact) mass is 287 g/mol. The van der Waals surface area contributed by atoms with Crippen LogP contribution in [0.2, 0.25) is 0 Å². The van der Waals surface area contributed by atoms with Crippen molar-refractivity contribution in [2.75, 3.05) is 37.6 Å². The van der Waals surface area contributed by atoms with Crippen molar-refractivity contribution < 1.29 is 0 Å². The molecule has 2 heterocycles. The summed E-state index contributed by atoms with van der Waals surface area (Å²) in [6, 6.07) is 8.76. The molecule has 2 aliphatic rings. The average molecular weight is 287 g/mol. The molecule has 3 heteroatoms. The molecule has 0 radical (unpaired) electrons. The Bertz CT molecular complexity index is 444. The average Bonchev–Trinajstić information content (AvgIpc) is 3.01. The Morgan fingerprint density at radius 3 is 2.43 bits per heavy atom. The topological polar surface area (TPSA) is 32.5 Å². The maximum Gasteiger partial charge on any atom is 0.0414 e. The van der Waals surface area contributed by atoms with Crippen LogP contribution >= 0.6 is 0 Å². The zero-order valence-electron chi connectivity index (χ0n) is 13.3. The van der Waals surface area contributed by atoms with Crippen molar-refractivity contribution in [3.8, 4) is 0 Å². The molecule has 2 saturated heterocycles. The van der Waals surface area contributed by atoms with Crippen LogP contribution in [0.15, 0.2) is 24.3 Å². The zero-order valence-corrected chi connectivity index (χ0v) is 13.3. The summed E-state index contributed by atoms with van der Waals surface area (Å²) in [6.45, 7) is 8.42. The Kier molecular flexibility index (Phi) is 4.81. The number of nitrogens with zero attached hydrogens (tertiary/aromatic N) is 2. The quantitative estimate of drug-likeness (QED) is 0.924. The molecule has 3 nitrogen and oxygen atoms in total. The van der Waals surface area contributed by atoms with Crippen molar-refractivity contribution in [3.63, 3.8) is 0 Å². The van der Waals surface area contributed by atoms with E-state index in [2.05, 4.69) is 41.0 Å². The van der Waals surface area contributed by atoms with Crippen LogP contribution in [0.3, 0.4) is 0 Å². The molecule has 0 bridgehead atoms.